The van der Waals surface area contributed by atoms with Gasteiger partial charge in [-0.05, 0) is 19.4 Å². The number of aromatic nitrogens is 3. The monoisotopic (exact) mass is 361 g/mol. The first-order valence-electron chi connectivity index (χ1n) is 8.06. The van der Waals surface area contributed by atoms with Gasteiger partial charge >= 0.3 is 0 Å². The third kappa shape index (κ3) is 6.22. The van der Waals surface area contributed by atoms with Crippen LogP contribution < -0.4 is 10.6 Å². The molecule has 2 aromatic rings. The molecule has 2 rings (SSSR count). The van der Waals surface area contributed by atoms with Crippen molar-refractivity contribution in [1.82, 2.24) is 25.4 Å². The Hall–Kier alpha value is -2.35. The SMILES string of the molecule is CC(C)NC(=O)CNC(=O)CSc1nnc(Cc2ccccc2)n1C. The molecule has 1 aromatic heterocycles. The van der Waals surface area contributed by atoms with E-state index in [0.717, 1.165) is 11.4 Å². The molecule has 0 aliphatic carbocycles. The van der Waals surface area contributed by atoms with Crippen molar-refractivity contribution in [2.45, 2.75) is 31.5 Å². The minimum absolute atomic E-state index is 0.0182. The summed E-state index contributed by atoms with van der Waals surface area (Å²) >= 11 is 1.30. The molecule has 0 fully saturated rings. The molecule has 134 valence electrons. The Kier molecular flexibility index (Phi) is 7.00. The molecule has 0 bridgehead atoms. The first-order valence-corrected chi connectivity index (χ1v) is 9.05. The maximum absolute atomic E-state index is 11.8. The maximum Gasteiger partial charge on any atom is 0.239 e. The van der Waals surface area contributed by atoms with Crippen molar-refractivity contribution in [2.24, 2.45) is 7.05 Å². The van der Waals surface area contributed by atoms with E-state index in [1.54, 1.807) is 0 Å². The van der Waals surface area contributed by atoms with Gasteiger partial charge < -0.3 is 15.2 Å². The van der Waals surface area contributed by atoms with Crippen LogP contribution in [0.3, 0.4) is 0 Å². The van der Waals surface area contributed by atoms with Gasteiger partial charge in [-0.15, -0.1) is 10.2 Å². The molecule has 2 N–H and O–H groups in total. The van der Waals surface area contributed by atoms with Crippen LogP contribution in [0.2, 0.25) is 0 Å². The number of nitrogens with zero attached hydrogens (tertiary/aromatic N) is 3. The van der Waals surface area contributed by atoms with Crippen LogP contribution >= 0.6 is 11.8 Å². The lowest BCUT2D eigenvalue weighted by Gasteiger charge is -2.09. The Morgan fingerprint density at radius 1 is 1.16 bits per heavy atom. The van der Waals surface area contributed by atoms with E-state index in [1.807, 2.05) is 55.8 Å². The van der Waals surface area contributed by atoms with E-state index >= 15 is 0 Å². The normalized spacial score (nSPS) is 10.7. The van der Waals surface area contributed by atoms with Gasteiger partial charge in [-0.3, -0.25) is 9.59 Å². The lowest BCUT2D eigenvalue weighted by Crippen LogP contribution is -2.40. The fourth-order valence-electron chi connectivity index (χ4n) is 2.14. The van der Waals surface area contributed by atoms with Crippen molar-refractivity contribution in [2.75, 3.05) is 12.3 Å². The van der Waals surface area contributed by atoms with E-state index < -0.39 is 0 Å². The van der Waals surface area contributed by atoms with Gasteiger partial charge in [-0.25, -0.2) is 0 Å². The molecule has 1 aromatic carbocycles. The summed E-state index contributed by atoms with van der Waals surface area (Å²) in [5.41, 5.74) is 1.16. The Bertz CT molecular complexity index is 715. The summed E-state index contributed by atoms with van der Waals surface area (Å²) in [4.78, 5) is 23.4. The van der Waals surface area contributed by atoms with Crippen molar-refractivity contribution in [3.05, 3.63) is 41.7 Å². The molecule has 2 amide bonds. The average Bonchev–Trinajstić information content (AvgIpc) is 2.91. The van der Waals surface area contributed by atoms with E-state index in [9.17, 15) is 9.59 Å². The number of thioether (sulfide) groups is 1. The quantitative estimate of drug-likeness (QED) is 0.688. The van der Waals surface area contributed by atoms with E-state index in [0.29, 0.717) is 11.6 Å². The molecular weight excluding hydrogens is 338 g/mol. The first kappa shape index (κ1) is 19.0. The van der Waals surface area contributed by atoms with Crippen molar-refractivity contribution in [3.8, 4) is 0 Å². The number of carbonyl (C=O) groups is 2. The second-order valence-corrected chi connectivity index (χ2v) is 6.85. The van der Waals surface area contributed by atoms with Crippen molar-refractivity contribution >= 4 is 23.6 Å². The third-order valence-corrected chi connectivity index (χ3v) is 4.38. The van der Waals surface area contributed by atoms with Crippen LogP contribution in [-0.2, 0) is 23.1 Å². The zero-order chi connectivity index (χ0) is 18.2. The van der Waals surface area contributed by atoms with Gasteiger partial charge in [0.1, 0.15) is 5.82 Å². The van der Waals surface area contributed by atoms with Gasteiger partial charge in [0, 0.05) is 19.5 Å². The summed E-state index contributed by atoms with van der Waals surface area (Å²) in [5, 5.41) is 14.3. The highest BCUT2D eigenvalue weighted by atomic mass is 32.2. The predicted octanol–water partition coefficient (Wildman–Crippen LogP) is 1.14. The number of benzene rings is 1. The lowest BCUT2D eigenvalue weighted by molar-refractivity contribution is -0.125. The molecule has 0 aliphatic rings. The average molecular weight is 361 g/mol. The standard InChI is InChI=1S/C17H23N5O2S/c1-12(2)19-15(23)10-18-16(24)11-25-17-21-20-14(22(17)3)9-13-7-5-4-6-8-13/h4-8,12H,9-11H2,1-3H3,(H,18,24)(H,19,23). The van der Waals surface area contributed by atoms with Crippen LogP contribution in [0.25, 0.3) is 0 Å². The zero-order valence-electron chi connectivity index (χ0n) is 14.7. The highest BCUT2D eigenvalue weighted by Crippen LogP contribution is 2.17. The summed E-state index contributed by atoms with van der Waals surface area (Å²) < 4.78 is 1.89. The number of hydrogen-bond donors (Lipinski definition) is 2. The predicted molar refractivity (Wildman–Crippen MR) is 97.3 cm³/mol. The van der Waals surface area contributed by atoms with Crippen LogP contribution in [-0.4, -0.2) is 44.9 Å². The molecule has 0 atom stereocenters. The zero-order valence-corrected chi connectivity index (χ0v) is 15.5. The van der Waals surface area contributed by atoms with Crippen LogP contribution in [0.4, 0.5) is 0 Å². The molecule has 1 heterocycles. The summed E-state index contributed by atoms with van der Waals surface area (Å²) in [6.45, 7) is 3.73. The summed E-state index contributed by atoms with van der Waals surface area (Å²) in [6.07, 6.45) is 0.687. The number of rotatable bonds is 8. The Balaban J connectivity index is 1.81. The summed E-state index contributed by atoms with van der Waals surface area (Å²) in [7, 11) is 1.88. The fourth-order valence-corrected chi connectivity index (χ4v) is 2.90. The summed E-state index contributed by atoms with van der Waals surface area (Å²) in [5.74, 6) is 0.616. The molecule has 7 nitrogen and oxygen atoms in total. The first-order chi connectivity index (χ1) is 12.0. The Morgan fingerprint density at radius 2 is 1.88 bits per heavy atom. The second kappa shape index (κ2) is 9.22. The number of nitrogens with one attached hydrogen (secondary N) is 2. The van der Waals surface area contributed by atoms with Gasteiger partial charge in [0.15, 0.2) is 5.16 Å². The highest BCUT2D eigenvalue weighted by molar-refractivity contribution is 7.99. The van der Waals surface area contributed by atoms with Gasteiger partial charge in [0.05, 0.1) is 12.3 Å². The Morgan fingerprint density at radius 3 is 2.56 bits per heavy atom. The number of hydrogen-bond acceptors (Lipinski definition) is 5. The van der Waals surface area contributed by atoms with E-state index in [2.05, 4.69) is 20.8 Å². The number of amides is 2. The van der Waals surface area contributed by atoms with Crippen molar-refractivity contribution < 1.29 is 9.59 Å². The molecular formula is C17H23N5O2S. The third-order valence-electron chi connectivity index (χ3n) is 3.36. The molecule has 25 heavy (non-hydrogen) atoms. The van der Waals surface area contributed by atoms with E-state index in [4.69, 9.17) is 0 Å². The van der Waals surface area contributed by atoms with Gasteiger partial charge in [0.2, 0.25) is 11.8 Å². The lowest BCUT2D eigenvalue weighted by atomic mass is 10.1. The second-order valence-electron chi connectivity index (χ2n) is 5.91. The van der Waals surface area contributed by atoms with Crippen molar-refractivity contribution in [3.63, 3.8) is 0 Å². The summed E-state index contributed by atoms with van der Waals surface area (Å²) in [6, 6.07) is 10.1. The topological polar surface area (TPSA) is 88.9 Å². The van der Waals surface area contributed by atoms with Gasteiger partial charge in [0.25, 0.3) is 0 Å². The highest BCUT2D eigenvalue weighted by Gasteiger charge is 2.12. The van der Waals surface area contributed by atoms with Crippen LogP contribution in [0, 0.1) is 0 Å². The Labute approximate surface area is 151 Å². The van der Waals surface area contributed by atoms with Gasteiger partial charge in [-0.2, -0.15) is 0 Å². The smallest absolute Gasteiger partial charge is 0.239 e. The van der Waals surface area contributed by atoms with Crippen LogP contribution in [0.15, 0.2) is 35.5 Å². The minimum atomic E-state index is -0.212. The molecule has 0 saturated heterocycles. The maximum atomic E-state index is 11.8. The molecule has 0 spiro atoms. The largest absolute Gasteiger partial charge is 0.352 e. The molecule has 0 radical (unpaired) electrons. The molecule has 8 heteroatoms. The number of carbonyl (C=O) groups excluding carboxylic acids is 2. The van der Waals surface area contributed by atoms with E-state index in [-0.39, 0.29) is 30.2 Å². The van der Waals surface area contributed by atoms with Crippen LogP contribution in [0.1, 0.15) is 25.2 Å². The molecule has 0 saturated carbocycles. The fraction of sp³-hybridized carbons (Fsp3) is 0.412. The minimum Gasteiger partial charge on any atom is -0.352 e. The van der Waals surface area contributed by atoms with E-state index in [1.165, 1.54) is 11.8 Å². The van der Waals surface area contributed by atoms with Crippen LogP contribution in [0.5, 0.6) is 0 Å². The molecule has 0 aliphatic heterocycles. The molecule has 0 unspecified atom stereocenters. The van der Waals surface area contributed by atoms with Crippen molar-refractivity contribution in [1.29, 1.82) is 0 Å². The van der Waals surface area contributed by atoms with Gasteiger partial charge in [-0.1, -0.05) is 42.1 Å².